The third kappa shape index (κ3) is 7.25. The van der Waals surface area contributed by atoms with Crippen molar-refractivity contribution in [2.45, 2.75) is 6.92 Å². The van der Waals surface area contributed by atoms with Crippen LogP contribution in [0, 0.1) is 17.2 Å². The third-order valence-corrected chi connectivity index (χ3v) is 4.89. The molecule has 4 aromatic rings. The fourth-order valence-corrected chi connectivity index (χ4v) is 3.18. The van der Waals surface area contributed by atoms with Gasteiger partial charge in [-0.1, -0.05) is 64.0 Å². The van der Waals surface area contributed by atoms with E-state index >= 15 is 0 Å². The minimum Gasteiger partial charge on any atom is -0.222 e. The number of halogens is 2. The van der Waals surface area contributed by atoms with Gasteiger partial charge in [0.05, 0.1) is 23.3 Å². The van der Waals surface area contributed by atoms with Gasteiger partial charge in [-0.2, -0.15) is 0 Å². The highest BCUT2D eigenvalue weighted by Gasteiger charge is 2.20. The summed E-state index contributed by atoms with van der Waals surface area (Å²) in [7, 11) is -4.94. The molecule has 0 atom stereocenters. The lowest BCUT2D eigenvalue weighted by atomic mass is 10.0. The Balaban J connectivity index is 0.000000491. The van der Waals surface area contributed by atoms with E-state index in [0.717, 1.165) is 32.7 Å². The van der Waals surface area contributed by atoms with E-state index in [-0.39, 0.29) is 0 Å². The van der Waals surface area contributed by atoms with E-state index in [1.54, 1.807) is 0 Å². The molecule has 1 aromatic heterocycles. The zero-order chi connectivity index (χ0) is 22.4. The van der Waals surface area contributed by atoms with Crippen LogP contribution in [0.2, 0.25) is 0 Å². The summed E-state index contributed by atoms with van der Waals surface area (Å²) >= 11 is 3.50. The van der Waals surface area contributed by atoms with Crippen molar-refractivity contribution in [3.8, 4) is 33.8 Å². The molecule has 0 unspecified atom stereocenters. The Morgan fingerprint density at radius 1 is 0.613 bits per heavy atom. The molecule has 0 amide bonds. The minimum atomic E-state index is -4.94. The predicted molar refractivity (Wildman–Crippen MR) is 112 cm³/mol. The van der Waals surface area contributed by atoms with Crippen molar-refractivity contribution >= 4 is 15.9 Å². The molecule has 0 aliphatic rings. The Hall–Kier alpha value is -2.58. The standard InChI is InChI=1S/C24H18BrO.ClHO4/c1-17-7-9-19(10-8-17)23-15-21(18-5-3-2-4-6-18)16-24(26-23)20-11-13-22(25)14-12-20;2-1(3,4)5/h2-16H,1H3;(H,2,3,4,5)/q+1;/p-1. The van der Waals surface area contributed by atoms with Crippen LogP contribution in [0.4, 0.5) is 0 Å². The minimum absolute atomic E-state index is 0.856. The van der Waals surface area contributed by atoms with Crippen molar-refractivity contribution in [1.82, 2.24) is 0 Å². The molecule has 0 bridgehead atoms. The first kappa shape index (κ1) is 23.1. The van der Waals surface area contributed by atoms with Gasteiger partial charge in [0.25, 0.3) is 0 Å². The van der Waals surface area contributed by atoms with Crippen molar-refractivity contribution in [1.29, 1.82) is 0 Å². The summed E-state index contributed by atoms with van der Waals surface area (Å²) in [5, 5.41) is 0. The summed E-state index contributed by atoms with van der Waals surface area (Å²) in [6.07, 6.45) is 0. The summed E-state index contributed by atoms with van der Waals surface area (Å²) < 4.78 is 41.3. The van der Waals surface area contributed by atoms with Crippen molar-refractivity contribution in [3.63, 3.8) is 0 Å². The zero-order valence-corrected chi connectivity index (χ0v) is 18.8. The number of hydrogen-bond acceptors (Lipinski definition) is 4. The third-order valence-electron chi connectivity index (χ3n) is 4.37. The Bertz CT molecular complexity index is 1060. The van der Waals surface area contributed by atoms with E-state index in [9.17, 15) is 0 Å². The Kier molecular flexibility index (Phi) is 7.56. The van der Waals surface area contributed by atoms with Gasteiger partial charge in [-0.05, 0) is 48.9 Å². The molecule has 4 rings (SSSR count). The second-order valence-corrected chi connectivity index (χ2v) is 8.36. The van der Waals surface area contributed by atoms with Gasteiger partial charge < -0.3 is 0 Å². The highest BCUT2D eigenvalue weighted by Crippen LogP contribution is 2.33. The summed E-state index contributed by atoms with van der Waals surface area (Å²) in [5.41, 5.74) is 5.69. The van der Waals surface area contributed by atoms with Gasteiger partial charge in [-0.15, -0.1) is 10.2 Å². The molecule has 7 heteroatoms. The molecule has 0 spiro atoms. The van der Waals surface area contributed by atoms with Gasteiger partial charge in [0, 0.05) is 10.0 Å². The average Bonchev–Trinajstić information content (AvgIpc) is 2.74. The van der Waals surface area contributed by atoms with E-state index in [1.165, 1.54) is 11.1 Å². The van der Waals surface area contributed by atoms with Gasteiger partial charge in [0.15, 0.2) is 0 Å². The van der Waals surface area contributed by atoms with Crippen LogP contribution < -0.4 is 18.6 Å². The van der Waals surface area contributed by atoms with E-state index in [0.29, 0.717) is 0 Å². The van der Waals surface area contributed by atoms with Crippen molar-refractivity contribution in [3.05, 3.63) is 101 Å². The number of rotatable bonds is 3. The molecule has 31 heavy (non-hydrogen) atoms. The summed E-state index contributed by atoms with van der Waals surface area (Å²) in [4.78, 5) is 0. The fourth-order valence-electron chi connectivity index (χ4n) is 2.92. The highest BCUT2D eigenvalue weighted by atomic mass is 79.9. The molecule has 0 aliphatic carbocycles. The molecular formula is C24H18BrClO5. The molecule has 3 aromatic carbocycles. The summed E-state index contributed by atoms with van der Waals surface area (Å²) in [6, 6.07) is 31.3. The van der Waals surface area contributed by atoms with Crippen LogP contribution in [0.3, 0.4) is 0 Å². The Morgan fingerprint density at radius 2 is 1.06 bits per heavy atom. The van der Waals surface area contributed by atoms with Crippen molar-refractivity contribution in [2.24, 2.45) is 0 Å². The normalized spacial score (nSPS) is 10.9. The second kappa shape index (κ2) is 10.2. The smallest absolute Gasteiger partial charge is 0.222 e. The molecule has 0 saturated heterocycles. The molecule has 158 valence electrons. The van der Waals surface area contributed by atoms with Crippen molar-refractivity contribution in [2.75, 3.05) is 0 Å². The van der Waals surface area contributed by atoms with Crippen molar-refractivity contribution < 1.29 is 33.3 Å². The van der Waals surface area contributed by atoms with Crippen LogP contribution in [0.5, 0.6) is 0 Å². The first-order chi connectivity index (χ1) is 14.7. The van der Waals surface area contributed by atoms with Crippen LogP contribution in [0.25, 0.3) is 33.8 Å². The molecule has 0 aliphatic heterocycles. The second-order valence-electron chi connectivity index (χ2n) is 6.69. The van der Waals surface area contributed by atoms with Gasteiger partial charge in [0.1, 0.15) is 0 Å². The number of benzene rings is 3. The van der Waals surface area contributed by atoms with E-state index in [1.807, 2.05) is 18.2 Å². The molecule has 0 N–H and O–H groups in total. The first-order valence-electron chi connectivity index (χ1n) is 9.17. The van der Waals surface area contributed by atoms with Crippen LogP contribution >= 0.6 is 15.9 Å². The molecule has 5 nitrogen and oxygen atoms in total. The Labute approximate surface area is 190 Å². The summed E-state index contributed by atoms with van der Waals surface area (Å²) in [5.74, 6) is 1.72. The lowest BCUT2D eigenvalue weighted by Crippen LogP contribution is -2.68. The van der Waals surface area contributed by atoms with Gasteiger partial charge >= 0.3 is 11.5 Å². The quantitative estimate of drug-likeness (QED) is 0.402. The summed E-state index contributed by atoms with van der Waals surface area (Å²) in [6.45, 7) is 2.09. The van der Waals surface area contributed by atoms with Crippen LogP contribution in [-0.4, -0.2) is 0 Å². The maximum absolute atomic E-state index is 8.49. The topological polar surface area (TPSA) is 104 Å². The van der Waals surface area contributed by atoms with E-state index in [2.05, 4.69) is 95.7 Å². The van der Waals surface area contributed by atoms with E-state index < -0.39 is 10.2 Å². The number of hydrogen-bond donors (Lipinski definition) is 0. The van der Waals surface area contributed by atoms with Crippen LogP contribution in [0.1, 0.15) is 5.56 Å². The molecule has 1 heterocycles. The Morgan fingerprint density at radius 3 is 1.55 bits per heavy atom. The highest BCUT2D eigenvalue weighted by molar-refractivity contribution is 9.10. The van der Waals surface area contributed by atoms with Gasteiger partial charge in [-0.25, -0.2) is 23.1 Å². The molecule has 0 fully saturated rings. The maximum Gasteiger partial charge on any atom is 0.361 e. The SMILES string of the molecule is Cc1ccc(-c2cc(-c3ccccc3)cc(-c3ccc(Br)cc3)[o+]2)cc1.[O-][Cl+3]([O-])([O-])[O-]. The van der Waals surface area contributed by atoms with E-state index in [4.69, 9.17) is 23.1 Å². The number of aryl methyl sites for hydroxylation is 1. The fraction of sp³-hybridized carbons (Fsp3) is 0.0417. The molecular weight excluding hydrogens is 484 g/mol. The van der Waals surface area contributed by atoms with Crippen LogP contribution in [-0.2, 0) is 0 Å². The van der Waals surface area contributed by atoms with Gasteiger partial charge in [0.2, 0.25) is 0 Å². The molecule has 0 radical (unpaired) electrons. The van der Waals surface area contributed by atoms with Gasteiger partial charge in [-0.3, -0.25) is 0 Å². The first-order valence-corrected chi connectivity index (χ1v) is 11.2. The van der Waals surface area contributed by atoms with Crippen LogP contribution in [0.15, 0.2) is 99.9 Å². The average molecular weight is 502 g/mol. The zero-order valence-electron chi connectivity index (χ0n) is 16.5. The molecule has 0 saturated carbocycles. The maximum atomic E-state index is 8.49. The monoisotopic (exact) mass is 500 g/mol. The lowest BCUT2D eigenvalue weighted by molar-refractivity contribution is -2.00. The largest absolute Gasteiger partial charge is 0.361 e. The lowest BCUT2D eigenvalue weighted by Gasteiger charge is -2.17. The predicted octanol–water partition coefficient (Wildman–Crippen LogP) is 2.88.